The molecule has 0 aliphatic rings. The van der Waals surface area contributed by atoms with Crippen molar-refractivity contribution >= 4 is 15.8 Å². The number of hydrogen-bond donors (Lipinski definition) is 0. The standard InChI is InChI=1S/C4H8O2.C2H6O2S/c1-3-6-4(2)5;1-5(2,3)4/h3H2,1-2H3;1-2H3. The van der Waals surface area contributed by atoms with E-state index in [4.69, 9.17) is 0 Å². The Kier molecular flexibility index (Phi) is 7.29. The molecule has 0 aromatic rings. The van der Waals surface area contributed by atoms with E-state index >= 15 is 0 Å². The van der Waals surface area contributed by atoms with Gasteiger partial charge < -0.3 is 4.74 Å². The first-order chi connectivity index (χ1) is 4.77. The van der Waals surface area contributed by atoms with Crippen LogP contribution in [0.1, 0.15) is 13.8 Å². The summed E-state index contributed by atoms with van der Waals surface area (Å²) in [5.41, 5.74) is 0. The Balaban J connectivity index is 0. The highest BCUT2D eigenvalue weighted by Gasteiger charge is 1.81. The first-order valence-electron chi connectivity index (χ1n) is 3.05. The number of rotatable bonds is 1. The van der Waals surface area contributed by atoms with Crippen LogP contribution in [-0.2, 0) is 19.4 Å². The smallest absolute Gasteiger partial charge is 0.302 e. The summed E-state index contributed by atoms with van der Waals surface area (Å²) in [4.78, 5) is 9.82. The van der Waals surface area contributed by atoms with Crippen LogP contribution in [-0.4, -0.2) is 33.5 Å². The molecule has 11 heavy (non-hydrogen) atoms. The molecular formula is C6H14O4S. The van der Waals surface area contributed by atoms with Crippen LogP contribution >= 0.6 is 0 Å². The first-order valence-corrected chi connectivity index (χ1v) is 5.35. The number of carbonyl (C=O) groups excluding carboxylic acids is 1. The average molecular weight is 182 g/mol. The third-order valence-electron chi connectivity index (χ3n) is 0.348. The lowest BCUT2D eigenvalue weighted by Gasteiger charge is -1.89. The summed E-state index contributed by atoms with van der Waals surface area (Å²) in [5, 5.41) is 0. The second kappa shape index (κ2) is 6.15. The highest BCUT2D eigenvalue weighted by molar-refractivity contribution is 7.89. The van der Waals surface area contributed by atoms with E-state index < -0.39 is 9.84 Å². The van der Waals surface area contributed by atoms with Gasteiger partial charge in [0.2, 0.25) is 0 Å². The van der Waals surface area contributed by atoms with Crippen molar-refractivity contribution in [2.45, 2.75) is 13.8 Å². The molecule has 0 unspecified atom stereocenters. The van der Waals surface area contributed by atoms with Crippen molar-refractivity contribution < 1.29 is 17.9 Å². The molecule has 0 saturated carbocycles. The van der Waals surface area contributed by atoms with Gasteiger partial charge in [0.05, 0.1) is 6.61 Å². The van der Waals surface area contributed by atoms with Gasteiger partial charge in [-0.25, -0.2) is 8.42 Å². The third kappa shape index (κ3) is 88.6. The summed E-state index contributed by atoms with van der Waals surface area (Å²) in [5.74, 6) is -0.211. The zero-order chi connectivity index (χ0) is 9.49. The number of hydrogen-bond acceptors (Lipinski definition) is 4. The summed E-state index contributed by atoms with van der Waals surface area (Å²) >= 11 is 0. The van der Waals surface area contributed by atoms with Gasteiger partial charge in [-0.1, -0.05) is 0 Å². The average Bonchev–Trinajstić information content (AvgIpc) is 1.58. The molecule has 68 valence electrons. The minimum absolute atomic E-state index is 0.211. The Morgan fingerprint density at radius 2 is 1.64 bits per heavy atom. The summed E-state index contributed by atoms with van der Waals surface area (Å²) < 4.78 is 23.7. The molecule has 5 heteroatoms. The van der Waals surface area contributed by atoms with Crippen LogP contribution in [0.4, 0.5) is 0 Å². The molecule has 0 aliphatic carbocycles. The molecule has 0 saturated heterocycles. The van der Waals surface area contributed by atoms with Gasteiger partial charge in [-0.15, -0.1) is 0 Å². The summed E-state index contributed by atoms with van der Waals surface area (Å²) in [7, 11) is -2.67. The predicted molar refractivity (Wildman–Crippen MR) is 43.1 cm³/mol. The van der Waals surface area contributed by atoms with Crippen LogP contribution in [0.15, 0.2) is 0 Å². The maximum atomic E-state index is 9.82. The van der Waals surface area contributed by atoms with Crippen molar-refractivity contribution in [1.82, 2.24) is 0 Å². The van der Waals surface area contributed by atoms with E-state index in [2.05, 4.69) is 4.74 Å². The van der Waals surface area contributed by atoms with Gasteiger partial charge in [0.15, 0.2) is 0 Å². The first kappa shape index (κ1) is 13.0. The lowest BCUT2D eigenvalue weighted by Crippen LogP contribution is -1.95. The largest absolute Gasteiger partial charge is 0.466 e. The molecule has 0 heterocycles. The molecule has 0 aromatic heterocycles. The molecule has 0 aromatic carbocycles. The minimum Gasteiger partial charge on any atom is -0.466 e. The monoisotopic (exact) mass is 182 g/mol. The van der Waals surface area contributed by atoms with Crippen molar-refractivity contribution in [2.75, 3.05) is 19.1 Å². The molecule has 0 atom stereocenters. The van der Waals surface area contributed by atoms with Crippen molar-refractivity contribution in [3.8, 4) is 0 Å². The van der Waals surface area contributed by atoms with E-state index in [1.165, 1.54) is 6.92 Å². The molecule has 0 spiro atoms. The summed E-state index contributed by atoms with van der Waals surface area (Å²) in [6.45, 7) is 3.65. The normalized spacial score (nSPS) is 9.45. The number of sulfone groups is 1. The second-order valence-corrected chi connectivity index (χ2v) is 4.35. The molecule has 4 nitrogen and oxygen atoms in total. The van der Waals surface area contributed by atoms with Gasteiger partial charge in [-0.2, -0.15) is 0 Å². The Hall–Kier alpha value is -0.580. The van der Waals surface area contributed by atoms with Crippen LogP contribution in [0.25, 0.3) is 0 Å². The van der Waals surface area contributed by atoms with Crippen molar-refractivity contribution in [3.05, 3.63) is 0 Å². The molecule has 0 rings (SSSR count). The van der Waals surface area contributed by atoms with Gasteiger partial charge in [0.1, 0.15) is 9.84 Å². The predicted octanol–water partition coefficient (Wildman–Crippen LogP) is 0.230. The quantitative estimate of drug-likeness (QED) is 0.545. The summed E-state index contributed by atoms with van der Waals surface area (Å²) in [6.07, 6.45) is 2.32. The molecule has 0 radical (unpaired) electrons. The maximum absolute atomic E-state index is 9.82. The lowest BCUT2D eigenvalue weighted by atomic mass is 10.8. The second-order valence-electron chi connectivity index (χ2n) is 2.07. The van der Waals surface area contributed by atoms with Crippen LogP contribution in [0.3, 0.4) is 0 Å². The molecule has 0 amide bonds. The van der Waals surface area contributed by atoms with E-state index in [9.17, 15) is 13.2 Å². The summed E-state index contributed by atoms with van der Waals surface area (Å²) in [6, 6.07) is 0. The van der Waals surface area contributed by atoms with Crippen molar-refractivity contribution in [2.24, 2.45) is 0 Å². The van der Waals surface area contributed by atoms with Gasteiger partial charge in [-0.3, -0.25) is 4.79 Å². The maximum Gasteiger partial charge on any atom is 0.302 e. The Morgan fingerprint density at radius 1 is 1.36 bits per heavy atom. The van der Waals surface area contributed by atoms with Gasteiger partial charge >= 0.3 is 5.97 Å². The van der Waals surface area contributed by atoms with Gasteiger partial charge in [0, 0.05) is 19.4 Å². The fourth-order valence-electron chi connectivity index (χ4n) is 0.203. The Labute approximate surface area is 67.5 Å². The van der Waals surface area contributed by atoms with E-state index in [1.54, 1.807) is 6.92 Å². The van der Waals surface area contributed by atoms with Crippen LogP contribution in [0.2, 0.25) is 0 Å². The zero-order valence-corrected chi connectivity index (χ0v) is 8.06. The van der Waals surface area contributed by atoms with Crippen molar-refractivity contribution in [1.29, 1.82) is 0 Å². The zero-order valence-electron chi connectivity index (χ0n) is 7.25. The van der Waals surface area contributed by atoms with E-state index in [0.717, 1.165) is 12.5 Å². The van der Waals surface area contributed by atoms with Crippen LogP contribution in [0, 0.1) is 0 Å². The minimum atomic E-state index is -2.67. The number of esters is 1. The fourth-order valence-corrected chi connectivity index (χ4v) is 0.203. The fraction of sp³-hybridized carbons (Fsp3) is 0.833. The highest BCUT2D eigenvalue weighted by Crippen LogP contribution is 1.69. The van der Waals surface area contributed by atoms with E-state index in [1.807, 2.05) is 0 Å². The van der Waals surface area contributed by atoms with Crippen molar-refractivity contribution in [3.63, 3.8) is 0 Å². The molecule has 0 fully saturated rings. The third-order valence-corrected chi connectivity index (χ3v) is 0.348. The molecular weight excluding hydrogens is 168 g/mol. The Bertz CT molecular complexity index is 185. The van der Waals surface area contributed by atoms with E-state index in [-0.39, 0.29) is 5.97 Å². The highest BCUT2D eigenvalue weighted by atomic mass is 32.2. The van der Waals surface area contributed by atoms with E-state index in [0.29, 0.717) is 6.61 Å². The number of ether oxygens (including phenoxy) is 1. The Morgan fingerprint density at radius 3 is 1.64 bits per heavy atom. The molecule has 0 N–H and O–H groups in total. The molecule has 0 aliphatic heterocycles. The van der Waals surface area contributed by atoms with Crippen LogP contribution < -0.4 is 0 Å². The number of carbonyl (C=O) groups is 1. The topological polar surface area (TPSA) is 60.4 Å². The lowest BCUT2D eigenvalue weighted by molar-refractivity contribution is -0.140. The van der Waals surface area contributed by atoms with Gasteiger partial charge in [-0.05, 0) is 6.92 Å². The SMILES string of the molecule is CCOC(C)=O.CS(C)(=O)=O. The van der Waals surface area contributed by atoms with Gasteiger partial charge in [0.25, 0.3) is 0 Å². The molecule has 0 bridgehead atoms. The van der Waals surface area contributed by atoms with Crippen LogP contribution in [0.5, 0.6) is 0 Å².